The maximum Gasteiger partial charge on any atom is 0.322 e. The number of rotatable bonds is 8. The molecule has 0 aliphatic heterocycles. The molecule has 0 saturated heterocycles. The minimum absolute atomic E-state index is 0.0105. The number of ether oxygens (including phenoxy) is 1. The molecule has 0 aromatic rings. The lowest BCUT2D eigenvalue weighted by Gasteiger charge is -2.16. The third kappa shape index (κ3) is 7.23. The first-order chi connectivity index (χ1) is 8.18. The van der Waals surface area contributed by atoms with Crippen LogP contribution in [0.5, 0.6) is 0 Å². The lowest BCUT2D eigenvalue weighted by molar-refractivity contribution is -0.141. The van der Waals surface area contributed by atoms with Gasteiger partial charge in [-0.25, -0.2) is 13.1 Å². The first kappa shape index (κ1) is 16.9. The highest BCUT2D eigenvalue weighted by Gasteiger charge is 2.26. The summed E-state index contributed by atoms with van der Waals surface area (Å²) in [5, 5.41) is 8.88. The highest BCUT2D eigenvalue weighted by molar-refractivity contribution is 7.90. The van der Waals surface area contributed by atoms with E-state index in [1.54, 1.807) is 20.8 Å². The van der Waals surface area contributed by atoms with Crippen molar-refractivity contribution in [2.24, 2.45) is 5.92 Å². The monoisotopic (exact) mass is 281 g/mol. The Hall–Kier alpha value is -1.15. The number of aliphatic carboxylic acids is 1. The van der Waals surface area contributed by atoms with E-state index in [-0.39, 0.29) is 18.9 Å². The second kappa shape index (κ2) is 7.32. The quantitative estimate of drug-likeness (QED) is 0.604. The summed E-state index contributed by atoms with van der Waals surface area (Å²) < 4.78 is 29.6. The number of carbonyl (C=O) groups is 2. The van der Waals surface area contributed by atoms with Gasteiger partial charge in [-0.3, -0.25) is 9.59 Å². The molecular formula is C10H19NO6S. The van der Waals surface area contributed by atoms with Crippen LogP contribution in [0.1, 0.15) is 27.2 Å². The summed E-state index contributed by atoms with van der Waals surface area (Å²) in [6, 6.07) is -1.23. The number of carboxylic acid groups (broad SMARTS) is 1. The van der Waals surface area contributed by atoms with Crippen LogP contribution >= 0.6 is 0 Å². The van der Waals surface area contributed by atoms with E-state index in [1.165, 1.54) is 0 Å². The van der Waals surface area contributed by atoms with Crippen LogP contribution in [-0.2, 0) is 24.3 Å². The van der Waals surface area contributed by atoms with Crippen LogP contribution in [0, 0.1) is 5.92 Å². The standard InChI is InChI=1S/C10H19NO6S/c1-4-17-9(12)6-18(15,16)11-8(10(13)14)5-7(2)3/h7-8,11H,4-6H2,1-3H3,(H,13,14)/t8-/m1/s1. The van der Waals surface area contributed by atoms with Crippen LogP contribution in [0.2, 0.25) is 0 Å². The van der Waals surface area contributed by atoms with Gasteiger partial charge in [0.25, 0.3) is 0 Å². The van der Waals surface area contributed by atoms with Crippen molar-refractivity contribution >= 4 is 22.0 Å². The van der Waals surface area contributed by atoms with E-state index in [0.717, 1.165) is 0 Å². The number of carbonyl (C=O) groups excluding carboxylic acids is 1. The maximum absolute atomic E-state index is 11.5. The van der Waals surface area contributed by atoms with Crippen LogP contribution in [0.4, 0.5) is 0 Å². The number of sulfonamides is 1. The van der Waals surface area contributed by atoms with Crippen molar-refractivity contribution in [1.82, 2.24) is 4.72 Å². The zero-order chi connectivity index (χ0) is 14.3. The Labute approximate surface area is 107 Å². The van der Waals surface area contributed by atoms with Gasteiger partial charge in [-0.1, -0.05) is 13.8 Å². The summed E-state index contributed by atoms with van der Waals surface area (Å²) in [7, 11) is -4.00. The van der Waals surface area contributed by atoms with Crippen molar-refractivity contribution in [3.05, 3.63) is 0 Å². The average Bonchev–Trinajstić information content (AvgIpc) is 2.14. The van der Waals surface area contributed by atoms with Gasteiger partial charge in [0.1, 0.15) is 6.04 Å². The zero-order valence-corrected chi connectivity index (χ0v) is 11.5. The summed E-state index contributed by atoms with van der Waals surface area (Å²) in [6.45, 7) is 5.17. The molecule has 0 radical (unpaired) electrons. The predicted molar refractivity (Wildman–Crippen MR) is 64.4 cm³/mol. The van der Waals surface area contributed by atoms with Crippen molar-refractivity contribution in [2.75, 3.05) is 12.4 Å². The van der Waals surface area contributed by atoms with Crippen molar-refractivity contribution < 1.29 is 27.9 Å². The SMILES string of the molecule is CCOC(=O)CS(=O)(=O)N[C@H](CC(C)C)C(=O)O. The number of carboxylic acids is 1. The molecule has 0 aliphatic carbocycles. The molecular weight excluding hydrogens is 262 g/mol. The molecule has 2 N–H and O–H groups in total. The molecule has 0 rings (SSSR count). The highest BCUT2D eigenvalue weighted by Crippen LogP contribution is 2.06. The molecule has 0 amide bonds. The van der Waals surface area contributed by atoms with Crippen LogP contribution in [0.3, 0.4) is 0 Å². The van der Waals surface area contributed by atoms with Gasteiger partial charge in [-0.2, -0.15) is 0 Å². The first-order valence-electron chi connectivity index (χ1n) is 5.56. The zero-order valence-electron chi connectivity index (χ0n) is 10.7. The fraction of sp³-hybridized carbons (Fsp3) is 0.800. The van der Waals surface area contributed by atoms with Gasteiger partial charge in [-0.15, -0.1) is 0 Å². The Bertz CT molecular complexity index is 389. The summed E-state index contributed by atoms with van der Waals surface area (Å²) in [5.41, 5.74) is 0. The average molecular weight is 281 g/mol. The van der Waals surface area contributed by atoms with Gasteiger partial charge < -0.3 is 9.84 Å². The van der Waals surface area contributed by atoms with Gasteiger partial charge in [0, 0.05) is 0 Å². The van der Waals surface area contributed by atoms with E-state index in [4.69, 9.17) is 5.11 Å². The molecule has 1 atom stereocenters. The molecule has 0 spiro atoms. The molecule has 0 heterocycles. The minimum Gasteiger partial charge on any atom is -0.480 e. The minimum atomic E-state index is -4.00. The molecule has 0 aliphatic rings. The Morgan fingerprint density at radius 1 is 1.33 bits per heavy atom. The van der Waals surface area contributed by atoms with Crippen molar-refractivity contribution in [3.63, 3.8) is 0 Å². The second-order valence-electron chi connectivity index (χ2n) is 4.20. The third-order valence-corrected chi connectivity index (χ3v) is 3.20. The molecule has 0 aromatic carbocycles. The summed E-state index contributed by atoms with van der Waals surface area (Å²) in [5.74, 6) is -3.03. The smallest absolute Gasteiger partial charge is 0.322 e. The molecule has 0 saturated carbocycles. The van der Waals surface area contributed by atoms with E-state index in [1.807, 2.05) is 4.72 Å². The highest BCUT2D eigenvalue weighted by atomic mass is 32.2. The molecule has 106 valence electrons. The Morgan fingerprint density at radius 3 is 2.28 bits per heavy atom. The molecule has 0 bridgehead atoms. The number of hydrogen-bond donors (Lipinski definition) is 2. The van der Waals surface area contributed by atoms with Gasteiger partial charge in [0.2, 0.25) is 10.0 Å². The number of nitrogens with one attached hydrogen (secondary N) is 1. The van der Waals surface area contributed by atoms with Crippen molar-refractivity contribution in [3.8, 4) is 0 Å². The topological polar surface area (TPSA) is 110 Å². The van der Waals surface area contributed by atoms with Gasteiger partial charge in [0.15, 0.2) is 5.75 Å². The predicted octanol–water partition coefficient (Wildman–Crippen LogP) is -0.0318. The largest absolute Gasteiger partial charge is 0.480 e. The molecule has 0 fully saturated rings. The van der Waals surface area contributed by atoms with Crippen LogP contribution in [-0.4, -0.2) is 43.9 Å². The number of esters is 1. The summed E-state index contributed by atoms with van der Waals surface area (Å²) in [6.07, 6.45) is 0.150. The fourth-order valence-electron chi connectivity index (χ4n) is 1.29. The van der Waals surface area contributed by atoms with Gasteiger partial charge >= 0.3 is 11.9 Å². The first-order valence-corrected chi connectivity index (χ1v) is 7.21. The van der Waals surface area contributed by atoms with E-state index < -0.39 is 33.8 Å². The van der Waals surface area contributed by atoms with E-state index >= 15 is 0 Å². The van der Waals surface area contributed by atoms with Crippen LogP contribution in [0.25, 0.3) is 0 Å². The van der Waals surface area contributed by atoms with Gasteiger partial charge in [0.05, 0.1) is 6.61 Å². The Kier molecular flexibility index (Phi) is 6.85. The summed E-state index contributed by atoms with van der Waals surface area (Å²) in [4.78, 5) is 21.9. The molecule has 0 unspecified atom stereocenters. The number of hydrogen-bond acceptors (Lipinski definition) is 5. The van der Waals surface area contributed by atoms with Crippen molar-refractivity contribution in [1.29, 1.82) is 0 Å². The lowest BCUT2D eigenvalue weighted by Crippen LogP contribution is -2.43. The molecule has 0 aromatic heterocycles. The van der Waals surface area contributed by atoms with E-state index in [9.17, 15) is 18.0 Å². The van der Waals surface area contributed by atoms with E-state index in [0.29, 0.717) is 0 Å². The van der Waals surface area contributed by atoms with Crippen molar-refractivity contribution in [2.45, 2.75) is 33.2 Å². The lowest BCUT2D eigenvalue weighted by atomic mass is 10.1. The Balaban J connectivity index is 4.61. The Morgan fingerprint density at radius 2 is 1.89 bits per heavy atom. The van der Waals surface area contributed by atoms with Crippen LogP contribution < -0.4 is 4.72 Å². The fourth-order valence-corrected chi connectivity index (χ4v) is 2.39. The van der Waals surface area contributed by atoms with Crippen LogP contribution in [0.15, 0.2) is 0 Å². The van der Waals surface area contributed by atoms with E-state index in [2.05, 4.69) is 4.74 Å². The maximum atomic E-state index is 11.5. The second-order valence-corrected chi connectivity index (χ2v) is 5.96. The normalized spacial score (nSPS) is 13.3. The molecule has 7 nitrogen and oxygen atoms in total. The summed E-state index contributed by atoms with van der Waals surface area (Å²) >= 11 is 0. The van der Waals surface area contributed by atoms with Gasteiger partial charge in [-0.05, 0) is 19.3 Å². The third-order valence-electron chi connectivity index (χ3n) is 1.94. The molecule has 8 heteroatoms. The molecule has 18 heavy (non-hydrogen) atoms.